The summed E-state index contributed by atoms with van der Waals surface area (Å²) in [6, 6.07) is 0. The van der Waals surface area contributed by atoms with E-state index in [1.54, 1.807) is 7.11 Å². The highest BCUT2D eigenvalue weighted by atomic mass is 16.5. The van der Waals surface area contributed by atoms with E-state index in [1.807, 2.05) is 0 Å². The van der Waals surface area contributed by atoms with Gasteiger partial charge in [0.1, 0.15) is 0 Å². The molecule has 1 atom stereocenters. The normalized spacial score (nSPS) is 12.4. The number of ether oxygens (including phenoxy) is 2. The third-order valence-electron chi connectivity index (χ3n) is 2.56. The monoisotopic (exact) mass is 230 g/mol. The van der Waals surface area contributed by atoms with Crippen molar-refractivity contribution in [3.05, 3.63) is 0 Å². The van der Waals surface area contributed by atoms with Crippen LogP contribution in [0.15, 0.2) is 0 Å². The van der Waals surface area contributed by atoms with Gasteiger partial charge >= 0.3 is 5.97 Å². The van der Waals surface area contributed by atoms with Crippen LogP contribution in [0, 0.1) is 5.92 Å². The molecule has 0 aliphatic carbocycles. The first-order valence-corrected chi connectivity index (χ1v) is 6.35. The Kier molecular flexibility index (Phi) is 10.5. The minimum absolute atomic E-state index is 0.0700. The molecule has 0 rings (SSSR count). The smallest absolute Gasteiger partial charge is 0.305 e. The third-order valence-corrected chi connectivity index (χ3v) is 2.56. The van der Waals surface area contributed by atoms with Crippen molar-refractivity contribution in [3.63, 3.8) is 0 Å². The van der Waals surface area contributed by atoms with Crippen LogP contribution in [0.25, 0.3) is 0 Å². The molecule has 0 heterocycles. The summed E-state index contributed by atoms with van der Waals surface area (Å²) in [5.74, 6) is 0.419. The lowest BCUT2D eigenvalue weighted by molar-refractivity contribution is -0.145. The lowest BCUT2D eigenvalue weighted by Gasteiger charge is -2.11. The van der Waals surface area contributed by atoms with E-state index in [4.69, 9.17) is 9.47 Å². The van der Waals surface area contributed by atoms with E-state index in [0.717, 1.165) is 25.9 Å². The molecule has 96 valence electrons. The van der Waals surface area contributed by atoms with Gasteiger partial charge in [-0.1, -0.05) is 26.7 Å². The first-order valence-electron chi connectivity index (χ1n) is 6.35. The average Bonchev–Trinajstić information content (AvgIpc) is 2.29. The molecule has 0 amide bonds. The SMILES string of the molecule is CCCCC(C)COC(=O)CCCCOC. The number of rotatable bonds is 10. The first-order chi connectivity index (χ1) is 7.70. The molecule has 3 heteroatoms. The molecule has 0 aliphatic heterocycles. The summed E-state index contributed by atoms with van der Waals surface area (Å²) in [7, 11) is 1.67. The Morgan fingerprint density at radius 1 is 1.25 bits per heavy atom. The zero-order valence-electron chi connectivity index (χ0n) is 11.0. The largest absolute Gasteiger partial charge is 0.465 e. The molecule has 0 fully saturated rings. The quantitative estimate of drug-likeness (QED) is 0.427. The number of methoxy groups -OCH3 is 1. The van der Waals surface area contributed by atoms with Gasteiger partial charge in [-0.3, -0.25) is 4.79 Å². The van der Waals surface area contributed by atoms with Crippen molar-refractivity contribution in [2.75, 3.05) is 20.3 Å². The molecule has 0 saturated heterocycles. The van der Waals surface area contributed by atoms with Crippen molar-refractivity contribution in [2.45, 2.75) is 52.4 Å². The van der Waals surface area contributed by atoms with Crippen LogP contribution in [-0.2, 0) is 14.3 Å². The van der Waals surface area contributed by atoms with E-state index in [0.29, 0.717) is 18.9 Å². The Morgan fingerprint density at radius 3 is 2.62 bits per heavy atom. The summed E-state index contributed by atoms with van der Waals surface area (Å²) >= 11 is 0. The van der Waals surface area contributed by atoms with Crippen LogP contribution < -0.4 is 0 Å². The summed E-state index contributed by atoms with van der Waals surface area (Å²) in [4.78, 5) is 11.3. The number of hydrogen-bond donors (Lipinski definition) is 0. The van der Waals surface area contributed by atoms with Gasteiger partial charge in [0.05, 0.1) is 6.61 Å². The number of carbonyl (C=O) groups excluding carboxylic acids is 1. The van der Waals surface area contributed by atoms with Crippen molar-refractivity contribution in [1.29, 1.82) is 0 Å². The molecule has 0 aliphatic rings. The third kappa shape index (κ3) is 9.97. The maximum Gasteiger partial charge on any atom is 0.305 e. The molecule has 0 radical (unpaired) electrons. The Hall–Kier alpha value is -0.570. The van der Waals surface area contributed by atoms with Gasteiger partial charge in [0.2, 0.25) is 0 Å². The number of esters is 1. The van der Waals surface area contributed by atoms with E-state index >= 15 is 0 Å². The van der Waals surface area contributed by atoms with E-state index < -0.39 is 0 Å². The molecular formula is C13H26O3. The van der Waals surface area contributed by atoms with Crippen LogP contribution in [0.1, 0.15) is 52.4 Å². The van der Waals surface area contributed by atoms with Gasteiger partial charge < -0.3 is 9.47 Å². The maximum absolute atomic E-state index is 11.3. The fourth-order valence-corrected chi connectivity index (χ4v) is 1.46. The standard InChI is InChI=1S/C13H26O3/c1-4-5-8-12(2)11-16-13(14)9-6-7-10-15-3/h12H,4-11H2,1-3H3. The van der Waals surface area contributed by atoms with Gasteiger partial charge in [-0.2, -0.15) is 0 Å². The Balaban J connectivity index is 3.35. The molecule has 0 aromatic heterocycles. The Bertz CT molecular complexity index is 169. The molecule has 0 N–H and O–H groups in total. The Labute approximate surface area is 99.5 Å². The summed E-state index contributed by atoms with van der Waals surface area (Å²) in [5.41, 5.74) is 0. The van der Waals surface area contributed by atoms with Gasteiger partial charge in [0.25, 0.3) is 0 Å². The van der Waals surface area contributed by atoms with Gasteiger partial charge in [-0.15, -0.1) is 0 Å². The zero-order valence-corrected chi connectivity index (χ0v) is 11.0. The predicted octanol–water partition coefficient (Wildman–Crippen LogP) is 3.17. The van der Waals surface area contributed by atoms with E-state index in [9.17, 15) is 4.79 Å². The van der Waals surface area contributed by atoms with Gasteiger partial charge in [-0.05, 0) is 25.2 Å². The Morgan fingerprint density at radius 2 is 2.00 bits per heavy atom. The summed E-state index contributed by atoms with van der Waals surface area (Å²) < 4.78 is 10.1. The molecule has 16 heavy (non-hydrogen) atoms. The average molecular weight is 230 g/mol. The fourth-order valence-electron chi connectivity index (χ4n) is 1.46. The summed E-state index contributed by atoms with van der Waals surface area (Å²) in [6.45, 7) is 5.60. The van der Waals surface area contributed by atoms with Crippen molar-refractivity contribution in [2.24, 2.45) is 5.92 Å². The molecule has 0 bridgehead atoms. The lowest BCUT2D eigenvalue weighted by Crippen LogP contribution is -2.12. The van der Waals surface area contributed by atoms with E-state index in [-0.39, 0.29) is 5.97 Å². The number of hydrogen-bond acceptors (Lipinski definition) is 3. The minimum atomic E-state index is -0.0700. The highest BCUT2D eigenvalue weighted by Gasteiger charge is 2.06. The van der Waals surface area contributed by atoms with Crippen molar-refractivity contribution in [3.8, 4) is 0 Å². The molecule has 0 aromatic carbocycles. The zero-order chi connectivity index (χ0) is 12.2. The molecule has 0 aromatic rings. The lowest BCUT2D eigenvalue weighted by atomic mass is 10.1. The molecule has 3 nitrogen and oxygen atoms in total. The highest BCUT2D eigenvalue weighted by Crippen LogP contribution is 2.08. The van der Waals surface area contributed by atoms with Crippen molar-refractivity contribution >= 4 is 5.97 Å². The van der Waals surface area contributed by atoms with Crippen molar-refractivity contribution < 1.29 is 14.3 Å². The maximum atomic E-state index is 11.3. The minimum Gasteiger partial charge on any atom is -0.465 e. The van der Waals surface area contributed by atoms with Gasteiger partial charge in [0, 0.05) is 20.1 Å². The molecule has 0 spiro atoms. The second kappa shape index (κ2) is 10.9. The van der Waals surface area contributed by atoms with E-state index in [2.05, 4.69) is 13.8 Å². The summed E-state index contributed by atoms with van der Waals surface area (Å²) in [5, 5.41) is 0. The number of carbonyl (C=O) groups is 1. The fraction of sp³-hybridized carbons (Fsp3) is 0.923. The molecular weight excluding hydrogens is 204 g/mol. The second-order valence-electron chi connectivity index (χ2n) is 4.38. The topological polar surface area (TPSA) is 35.5 Å². The van der Waals surface area contributed by atoms with Crippen LogP contribution >= 0.6 is 0 Å². The van der Waals surface area contributed by atoms with Crippen LogP contribution in [0.2, 0.25) is 0 Å². The van der Waals surface area contributed by atoms with Crippen LogP contribution in [0.5, 0.6) is 0 Å². The predicted molar refractivity (Wildman–Crippen MR) is 65.4 cm³/mol. The highest BCUT2D eigenvalue weighted by molar-refractivity contribution is 5.69. The van der Waals surface area contributed by atoms with Gasteiger partial charge in [0.15, 0.2) is 0 Å². The number of unbranched alkanes of at least 4 members (excludes halogenated alkanes) is 2. The van der Waals surface area contributed by atoms with Gasteiger partial charge in [-0.25, -0.2) is 0 Å². The molecule has 0 saturated carbocycles. The van der Waals surface area contributed by atoms with Crippen LogP contribution in [0.4, 0.5) is 0 Å². The first kappa shape index (κ1) is 15.4. The van der Waals surface area contributed by atoms with Crippen LogP contribution in [0.3, 0.4) is 0 Å². The summed E-state index contributed by atoms with van der Waals surface area (Å²) in [6.07, 6.45) is 5.87. The van der Waals surface area contributed by atoms with Crippen molar-refractivity contribution in [1.82, 2.24) is 0 Å². The second-order valence-corrected chi connectivity index (χ2v) is 4.38. The van der Waals surface area contributed by atoms with Crippen LogP contribution in [-0.4, -0.2) is 26.3 Å². The van der Waals surface area contributed by atoms with E-state index in [1.165, 1.54) is 12.8 Å². The molecule has 1 unspecified atom stereocenters.